The molecule has 1 aromatic heterocycles. The van der Waals surface area contributed by atoms with Gasteiger partial charge < -0.3 is 5.32 Å². The minimum absolute atomic E-state index is 0.323. The molecular weight excluding hydrogens is 427 g/mol. The lowest BCUT2D eigenvalue weighted by atomic mass is 10.1. The third-order valence-corrected chi connectivity index (χ3v) is 5.03. The maximum absolute atomic E-state index is 13.1. The Balaban J connectivity index is 1.61. The van der Waals surface area contributed by atoms with Gasteiger partial charge in [0, 0.05) is 23.2 Å². The van der Waals surface area contributed by atoms with Crippen molar-refractivity contribution in [1.82, 2.24) is 14.8 Å². The fourth-order valence-electron chi connectivity index (χ4n) is 3.00. The normalized spacial score (nSPS) is 11.1. The summed E-state index contributed by atoms with van der Waals surface area (Å²) in [5.41, 5.74) is 3.61. The predicted molar refractivity (Wildman–Crippen MR) is 125 cm³/mol. The van der Waals surface area contributed by atoms with Crippen molar-refractivity contribution >= 4 is 29.5 Å². The molecule has 3 aromatic carbocycles. The zero-order valence-electron chi connectivity index (χ0n) is 17.3. The first-order valence-corrected chi connectivity index (χ1v) is 10.4. The van der Waals surface area contributed by atoms with Crippen LogP contribution < -0.4 is 5.32 Å². The van der Waals surface area contributed by atoms with Crippen LogP contribution in [0, 0.1) is 12.7 Å². The number of aryl methyl sites for hydroxylation is 1. The molecule has 0 radical (unpaired) electrons. The van der Waals surface area contributed by atoms with Crippen LogP contribution in [0.3, 0.4) is 0 Å². The summed E-state index contributed by atoms with van der Waals surface area (Å²) in [4.78, 5) is 17.4. The summed E-state index contributed by atoms with van der Waals surface area (Å²) in [6, 6.07) is 21.0. The fraction of sp³-hybridized carbons (Fsp3) is 0.0800. The summed E-state index contributed by atoms with van der Waals surface area (Å²) in [7, 11) is 0. The second-order valence-corrected chi connectivity index (χ2v) is 7.68. The van der Waals surface area contributed by atoms with Gasteiger partial charge in [-0.15, -0.1) is 5.10 Å². The van der Waals surface area contributed by atoms with E-state index in [-0.39, 0.29) is 11.7 Å². The Morgan fingerprint density at radius 1 is 1.03 bits per heavy atom. The maximum Gasteiger partial charge on any atom is 0.274 e. The molecule has 0 atom stereocenters. The molecule has 0 bridgehead atoms. The highest BCUT2D eigenvalue weighted by Crippen LogP contribution is 2.20. The van der Waals surface area contributed by atoms with Crippen LogP contribution in [0.4, 0.5) is 10.3 Å². The number of hydrogen-bond acceptors (Lipinski definition) is 4. The summed E-state index contributed by atoms with van der Waals surface area (Å²) < 4.78 is 14.3. The Kier molecular flexibility index (Phi) is 6.42. The summed E-state index contributed by atoms with van der Waals surface area (Å²) in [6.45, 7) is 2.44. The average molecular weight is 447 g/mol. The van der Waals surface area contributed by atoms with E-state index in [0.29, 0.717) is 28.9 Å². The molecule has 0 aliphatic carbocycles. The first-order valence-electron chi connectivity index (χ1n) is 9.98. The molecular formula is C25H20ClFN4O. The number of benzene rings is 3. The number of nitrogens with zero attached hydrogens (tertiary/aromatic N) is 3. The van der Waals surface area contributed by atoms with Gasteiger partial charge in [0.25, 0.3) is 5.91 Å². The molecule has 0 aliphatic rings. The topological polar surface area (TPSA) is 59.8 Å². The lowest BCUT2D eigenvalue weighted by Gasteiger charge is -2.06. The second kappa shape index (κ2) is 9.58. The van der Waals surface area contributed by atoms with Gasteiger partial charge in [0.05, 0.1) is 0 Å². The van der Waals surface area contributed by atoms with E-state index < -0.39 is 0 Å². The number of aromatic nitrogens is 3. The molecule has 1 heterocycles. The minimum Gasteiger partial charge on any atom is -0.350 e. The number of carbonyl (C=O) groups excluding carboxylic acids is 1. The second-order valence-electron chi connectivity index (χ2n) is 7.24. The number of hydrogen-bond donors (Lipinski definition) is 1. The minimum atomic E-state index is -0.376. The van der Waals surface area contributed by atoms with Crippen LogP contribution in [0.15, 0.2) is 78.9 Å². The number of carbonyl (C=O) groups is 1. The zero-order valence-corrected chi connectivity index (χ0v) is 18.1. The first kappa shape index (κ1) is 21.5. The van der Waals surface area contributed by atoms with Crippen molar-refractivity contribution in [1.29, 1.82) is 0 Å². The number of nitrogens with one attached hydrogen (secondary N) is 1. The molecule has 4 aromatic rings. The summed E-state index contributed by atoms with van der Waals surface area (Å²) >= 11 is 5.95. The van der Waals surface area contributed by atoms with Gasteiger partial charge in [-0.25, -0.2) is 4.39 Å². The molecule has 0 aliphatic heterocycles. The van der Waals surface area contributed by atoms with Crippen molar-refractivity contribution in [3.8, 4) is 11.4 Å². The largest absolute Gasteiger partial charge is 0.350 e. The molecule has 0 unspecified atom stereocenters. The van der Waals surface area contributed by atoms with Gasteiger partial charge in [-0.2, -0.15) is 9.67 Å². The first-order chi connectivity index (χ1) is 15.5. The number of anilines is 1. The molecule has 0 amide bonds. The van der Waals surface area contributed by atoms with Crippen LogP contribution in [0.1, 0.15) is 21.5 Å². The van der Waals surface area contributed by atoms with Crippen molar-refractivity contribution in [3.05, 3.63) is 106 Å². The van der Waals surface area contributed by atoms with Crippen LogP contribution in [0.25, 0.3) is 17.5 Å². The molecule has 0 saturated carbocycles. The molecule has 1 N–H and O–H groups in total. The standard InChI is InChI=1S/C25H20ClFN4O/c1-17-2-9-20(10-3-17)24-29-25(28-16-19-4-11-21(26)12-5-19)31(30-24)23(32)15-8-18-6-13-22(27)14-7-18/h2-15H,16H2,1H3,(H,28,29,30). The maximum atomic E-state index is 13.1. The van der Waals surface area contributed by atoms with Crippen LogP contribution >= 0.6 is 11.6 Å². The quantitative estimate of drug-likeness (QED) is 0.368. The Morgan fingerprint density at radius 2 is 1.72 bits per heavy atom. The van der Waals surface area contributed by atoms with Crippen molar-refractivity contribution < 1.29 is 9.18 Å². The van der Waals surface area contributed by atoms with E-state index >= 15 is 0 Å². The van der Waals surface area contributed by atoms with E-state index in [4.69, 9.17) is 11.6 Å². The van der Waals surface area contributed by atoms with Crippen molar-refractivity contribution in [3.63, 3.8) is 0 Å². The van der Waals surface area contributed by atoms with Crippen LogP contribution in [-0.2, 0) is 6.54 Å². The monoisotopic (exact) mass is 446 g/mol. The zero-order chi connectivity index (χ0) is 22.5. The molecule has 32 heavy (non-hydrogen) atoms. The SMILES string of the molecule is Cc1ccc(-c2nc(NCc3ccc(Cl)cc3)n(C(=O)C=Cc3ccc(F)cc3)n2)cc1. The smallest absolute Gasteiger partial charge is 0.274 e. The van der Waals surface area contributed by atoms with E-state index in [0.717, 1.165) is 16.7 Å². The fourth-order valence-corrected chi connectivity index (χ4v) is 3.13. The van der Waals surface area contributed by atoms with E-state index in [1.807, 2.05) is 43.3 Å². The number of halogens is 2. The lowest BCUT2D eigenvalue weighted by Crippen LogP contribution is -2.14. The molecule has 4 rings (SSSR count). The van der Waals surface area contributed by atoms with Gasteiger partial charge in [0.1, 0.15) is 5.82 Å². The summed E-state index contributed by atoms with van der Waals surface area (Å²) in [5, 5.41) is 8.26. The molecule has 0 spiro atoms. The summed E-state index contributed by atoms with van der Waals surface area (Å²) in [5.74, 6) is 0.0522. The van der Waals surface area contributed by atoms with Crippen LogP contribution in [0.2, 0.25) is 5.02 Å². The Hall–Kier alpha value is -3.77. The number of allylic oxidation sites excluding steroid dienone is 1. The average Bonchev–Trinajstić information content (AvgIpc) is 3.23. The predicted octanol–water partition coefficient (Wildman–Crippen LogP) is 6.01. The highest BCUT2D eigenvalue weighted by molar-refractivity contribution is 6.30. The summed E-state index contributed by atoms with van der Waals surface area (Å²) in [6.07, 6.45) is 2.99. The van der Waals surface area contributed by atoms with Crippen LogP contribution in [0.5, 0.6) is 0 Å². The number of rotatable bonds is 6. The molecule has 5 nitrogen and oxygen atoms in total. The van der Waals surface area contributed by atoms with Gasteiger partial charge in [0.15, 0.2) is 5.82 Å². The van der Waals surface area contributed by atoms with Crippen molar-refractivity contribution in [2.45, 2.75) is 13.5 Å². The van der Waals surface area contributed by atoms with Gasteiger partial charge >= 0.3 is 0 Å². The van der Waals surface area contributed by atoms with E-state index in [9.17, 15) is 9.18 Å². The Morgan fingerprint density at radius 3 is 2.41 bits per heavy atom. The van der Waals surface area contributed by atoms with Gasteiger partial charge in [-0.05, 0) is 48.4 Å². The Bertz CT molecular complexity index is 1250. The van der Waals surface area contributed by atoms with Gasteiger partial charge in [-0.3, -0.25) is 4.79 Å². The molecule has 0 fully saturated rings. The van der Waals surface area contributed by atoms with E-state index in [1.54, 1.807) is 30.3 Å². The van der Waals surface area contributed by atoms with E-state index in [2.05, 4.69) is 15.4 Å². The molecule has 7 heteroatoms. The van der Waals surface area contributed by atoms with E-state index in [1.165, 1.54) is 22.9 Å². The third kappa shape index (κ3) is 5.28. The third-order valence-electron chi connectivity index (χ3n) is 4.78. The Labute approximate surface area is 190 Å². The molecule has 0 saturated heterocycles. The van der Waals surface area contributed by atoms with Gasteiger partial charge in [0.2, 0.25) is 5.95 Å². The highest BCUT2D eigenvalue weighted by atomic mass is 35.5. The molecule has 160 valence electrons. The highest BCUT2D eigenvalue weighted by Gasteiger charge is 2.15. The van der Waals surface area contributed by atoms with Gasteiger partial charge in [-0.1, -0.05) is 65.7 Å². The van der Waals surface area contributed by atoms with Crippen molar-refractivity contribution in [2.75, 3.05) is 5.32 Å². The van der Waals surface area contributed by atoms with Crippen molar-refractivity contribution in [2.24, 2.45) is 0 Å². The van der Waals surface area contributed by atoms with Crippen LogP contribution in [-0.4, -0.2) is 20.7 Å². The lowest BCUT2D eigenvalue weighted by molar-refractivity contribution is 0.0957.